The van der Waals surface area contributed by atoms with Crippen LogP contribution in [-0.4, -0.2) is 0 Å². The van der Waals surface area contributed by atoms with Gasteiger partial charge < -0.3 is 0 Å². The van der Waals surface area contributed by atoms with Crippen LogP contribution in [0.4, 0.5) is 0 Å². The Labute approximate surface area is 45.2 Å². The minimum absolute atomic E-state index is 0. The van der Waals surface area contributed by atoms with E-state index >= 15 is 0 Å². The van der Waals surface area contributed by atoms with E-state index < -0.39 is 0 Å². The molecule has 28 valence electrons. The van der Waals surface area contributed by atoms with Gasteiger partial charge in [-0.05, 0) is 0 Å². The van der Waals surface area contributed by atoms with E-state index in [0.717, 1.165) is 0 Å². The molecule has 0 saturated carbocycles. The highest BCUT2D eigenvalue weighted by Gasteiger charge is 0.0000207. The fourth-order valence-electron chi connectivity index (χ4n) is 0. The van der Waals surface area contributed by atoms with E-state index in [1.807, 2.05) is 0 Å². The van der Waals surface area contributed by atoms with E-state index in [-0.39, 0.29) is 44.6 Å². The molecule has 4 radical (unpaired) electrons. The van der Waals surface area contributed by atoms with Crippen molar-refractivity contribution in [3.63, 3.8) is 0 Å². The average molecular weight is 121 g/mol. The third kappa shape index (κ3) is 13.3. The van der Waals surface area contributed by atoms with Crippen molar-refractivity contribution >= 4 is 37.2 Å². The van der Waals surface area contributed by atoms with Crippen molar-refractivity contribution in [2.75, 3.05) is 0 Å². The van der Waals surface area contributed by atoms with Crippen LogP contribution in [0.25, 0.3) is 0 Å². The summed E-state index contributed by atoms with van der Waals surface area (Å²) in [4.78, 5) is 0. The SMILES string of the molecule is Cl.Cl.Cl.[C]. The molecule has 0 atom stereocenters. The minimum atomic E-state index is 0. The highest BCUT2D eigenvalue weighted by Crippen LogP contribution is 0.692. The van der Waals surface area contributed by atoms with Gasteiger partial charge in [-0.25, -0.2) is 0 Å². The molecule has 0 aliphatic carbocycles. The van der Waals surface area contributed by atoms with E-state index in [1.165, 1.54) is 0 Å². The lowest BCUT2D eigenvalue weighted by atomic mass is 12.0. The summed E-state index contributed by atoms with van der Waals surface area (Å²) in [5.41, 5.74) is 0. The third-order valence-corrected chi connectivity index (χ3v) is 0. The first kappa shape index (κ1) is 96.4. The summed E-state index contributed by atoms with van der Waals surface area (Å²) in [6, 6.07) is 0. The zero-order valence-corrected chi connectivity index (χ0v) is 4.17. The first-order chi connectivity index (χ1) is 0. The van der Waals surface area contributed by atoms with Crippen LogP contribution < -0.4 is 0 Å². The summed E-state index contributed by atoms with van der Waals surface area (Å²) >= 11 is 0. The Morgan fingerprint density at radius 1 is 0.500 bits per heavy atom. The molecule has 0 N–H and O–H groups in total. The van der Waals surface area contributed by atoms with E-state index in [0.29, 0.717) is 0 Å². The summed E-state index contributed by atoms with van der Waals surface area (Å²) in [5, 5.41) is 0. The second-order valence-electron chi connectivity index (χ2n) is 0. The first-order valence-electron chi connectivity index (χ1n) is 0. The summed E-state index contributed by atoms with van der Waals surface area (Å²) in [6.07, 6.45) is 0. The molecule has 0 unspecified atom stereocenters. The van der Waals surface area contributed by atoms with Gasteiger partial charge in [0.25, 0.3) is 0 Å². The molecule has 0 nitrogen and oxygen atoms in total. The van der Waals surface area contributed by atoms with E-state index in [9.17, 15) is 0 Å². The van der Waals surface area contributed by atoms with Gasteiger partial charge in [0.2, 0.25) is 0 Å². The normalized spacial score (nSPS) is 0. The Bertz CT molecular complexity index is 3.25. The molecule has 0 spiro atoms. The molecule has 0 aromatic carbocycles. The molecule has 0 saturated heterocycles. The lowest BCUT2D eigenvalue weighted by Gasteiger charge is -0.148. The molecule has 0 aliphatic rings. The van der Waals surface area contributed by atoms with Gasteiger partial charge in [-0.15, -0.1) is 37.2 Å². The number of hydrogen-bond acceptors (Lipinski definition) is 0. The van der Waals surface area contributed by atoms with Crippen molar-refractivity contribution in [3.05, 3.63) is 7.43 Å². The molecule has 3 heteroatoms. The topological polar surface area (TPSA) is 0 Å². The molecular formula is CH3Cl3. The standard InChI is InChI=1S/C.3ClH/h;3*1H. The first-order valence-corrected chi connectivity index (χ1v) is 0. The second-order valence-corrected chi connectivity index (χ2v) is 0. The Hall–Kier alpha value is 0.870. The Morgan fingerprint density at radius 3 is 0.500 bits per heavy atom. The molecule has 0 bridgehead atoms. The van der Waals surface area contributed by atoms with Gasteiger partial charge in [-0.2, -0.15) is 0 Å². The van der Waals surface area contributed by atoms with E-state index in [1.54, 1.807) is 0 Å². The van der Waals surface area contributed by atoms with Crippen LogP contribution in [-0.2, 0) is 0 Å². The maximum atomic E-state index is 0. The fraction of sp³-hybridized carbons (Fsp3) is 0. The van der Waals surface area contributed by atoms with Crippen molar-refractivity contribution < 1.29 is 0 Å². The quantitative estimate of drug-likeness (QED) is 0.454. The molecule has 0 fully saturated rings. The highest BCUT2D eigenvalue weighted by molar-refractivity contribution is 5.86. The predicted octanol–water partition coefficient (Wildman–Crippen LogP) is 1.35. The van der Waals surface area contributed by atoms with Crippen LogP contribution in [0.2, 0.25) is 0 Å². The van der Waals surface area contributed by atoms with Crippen LogP contribution >= 0.6 is 37.2 Å². The van der Waals surface area contributed by atoms with Crippen LogP contribution in [0.3, 0.4) is 0 Å². The highest BCUT2D eigenvalue weighted by atomic mass is 35.5. The molecule has 4 heavy (non-hydrogen) atoms. The monoisotopic (exact) mass is 120 g/mol. The smallest absolute Gasteiger partial charge is 0 e. The molecular weight excluding hydrogens is 118 g/mol. The molecule has 0 amide bonds. The van der Waals surface area contributed by atoms with E-state index in [4.69, 9.17) is 0 Å². The van der Waals surface area contributed by atoms with Crippen LogP contribution in [0.1, 0.15) is 0 Å². The summed E-state index contributed by atoms with van der Waals surface area (Å²) < 4.78 is 0. The van der Waals surface area contributed by atoms with Gasteiger partial charge in [-0.3, -0.25) is 0 Å². The Kier molecular flexibility index (Phi) is 1010. The number of rotatable bonds is 0. The molecule has 0 rings (SSSR count). The van der Waals surface area contributed by atoms with Gasteiger partial charge in [0.1, 0.15) is 0 Å². The van der Waals surface area contributed by atoms with Crippen molar-refractivity contribution in [1.29, 1.82) is 0 Å². The maximum absolute atomic E-state index is 0. The zero-order valence-electron chi connectivity index (χ0n) is 1.72. The lowest BCUT2D eigenvalue weighted by molar-refractivity contribution is 3.24. The van der Waals surface area contributed by atoms with Crippen molar-refractivity contribution in [3.8, 4) is 0 Å². The predicted molar refractivity (Wildman–Crippen MR) is 25.0 cm³/mol. The average Bonchev–Trinajstić information content (AvgIpc) is 0. The van der Waals surface area contributed by atoms with Gasteiger partial charge >= 0.3 is 0 Å². The second kappa shape index (κ2) is 42.1. The van der Waals surface area contributed by atoms with Gasteiger partial charge in [0.05, 0.1) is 0 Å². The zero-order chi connectivity index (χ0) is 0. The van der Waals surface area contributed by atoms with Gasteiger partial charge in [0, 0.05) is 7.43 Å². The minimum Gasteiger partial charge on any atom is -0.147 e. The Morgan fingerprint density at radius 2 is 0.500 bits per heavy atom. The summed E-state index contributed by atoms with van der Waals surface area (Å²) in [7, 11) is 0. The number of halogens is 3. The Balaban J connectivity index is 0. The van der Waals surface area contributed by atoms with Gasteiger partial charge in [0.15, 0.2) is 0 Å². The molecule has 0 heterocycles. The third-order valence-electron chi connectivity index (χ3n) is 0. The maximum Gasteiger partial charge on any atom is 0 e. The van der Waals surface area contributed by atoms with Gasteiger partial charge in [-0.1, -0.05) is 0 Å². The fourth-order valence-corrected chi connectivity index (χ4v) is 0. The van der Waals surface area contributed by atoms with Crippen LogP contribution in [0.5, 0.6) is 0 Å². The van der Waals surface area contributed by atoms with Crippen molar-refractivity contribution in [1.82, 2.24) is 0 Å². The number of hydrogen-bond donors (Lipinski definition) is 0. The summed E-state index contributed by atoms with van der Waals surface area (Å²) in [6.45, 7) is 0. The van der Waals surface area contributed by atoms with Crippen LogP contribution in [0, 0.1) is 7.43 Å². The molecule has 0 aromatic rings. The van der Waals surface area contributed by atoms with Crippen molar-refractivity contribution in [2.45, 2.75) is 0 Å². The van der Waals surface area contributed by atoms with Crippen molar-refractivity contribution in [2.24, 2.45) is 0 Å². The van der Waals surface area contributed by atoms with Crippen LogP contribution in [0.15, 0.2) is 0 Å². The lowest BCUT2D eigenvalue weighted by Crippen LogP contribution is 0.0813. The van der Waals surface area contributed by atoms with E-state index in [2.05, 4.69) is 0 Å². The largest absolute Gasteiger partial charge is 0.147 e. The molecule has 0 aromatic heterocycles. The summed E-state index contributed by atoms with van der Waals surface area (Å²) in [5.74, 6) is 0. The molecule has 0 aliphatic heterocycles.